The Bertz CT molecular complexity index is 229. The van der Waals surface area contributed by atoms with Crippen LogP contribution in [-0.4, -0.2) is 25.5 Å². The molecule has 1 amide bonds. The number of piperidine rings is 1. The summed E-state index contributed by atoms with van der Waals surface area (Å²) in [5.41, 5.74) is -0.138. The lowest BCUT2D eigenvalue weighted by Crippen LogP contribution is -2.51. The van der Waals surface area contributed by atoms with Gasteiger partial charge in [-0.05, 0) is 31.7 Å². The van der Waals surface area contributed by atoms with Crippen molar-refractivity contribution >= 4 is 5.91 Å². The van der Waals surface area contributed by atoms with Crippen molar-refractivity contribution in [3.05, 3.63) is 0 Å². The second-order valence-electron chi connectivity index (χ2n) is 5.53. The molecule has 17 heavy (non-hydrogen) atoms. The van der Waals surface area contributed by atoms with Crippen molar-refractivity contribution < 1.29 is 4.79 Å². The van der Waals surface area contributed by atoms with E-state index in [0.717, 1.165) is 51.7 Å². The molecule has 0 aromatic rings. The normalized spacial score (nSPS) is 26.5. The molecule has 2 N–H and O–H groups in total. The molecule has 2 atom stereocenters. The van der Waals surface area contributed by atoms with Gasteiger partial charge in [-0.25, -0.2) is 0 Å². The van der Waals surface area contributed by atoms with Crippen LogP contribution in [0.4, 0.5) is 0 Å². The maximum Gasteiger partial charge on any atom is 0.227 e. The smallest absolute Gasteiger partial charge is 0.227 e. The highest BCUT2D eigenvalue weighted by molar-refractivity contribution is 5.83. The first kappa shape index (κ1) is 14.5. The molecule has 0 aromatic carbocycles. The number of nitrogens with one attached hydrogen (secondary N) is 2. The molecule has 2 unspecified atom stereocenters. The SMILES string of the molecule is CCCC1(C(=O)NCC(C)CC)CCCNC1. The number of carbonyl (C=O) groups is 1. The van der Waals surface area contributed by atoms with Crippen molar-refractivity contribution in [3.63, 3.8) is 0 Å². The average Bonchev–Trinajstić information content (AvgIpc) is 2.36. The van der Waals surface area contributed by atoms with Crippen LogP contribution in [0.25, 0.3) is 0 Å². The fraction of sp³-hybridized carbons (Fsp3) is 0.929. The highest BCUT2D eigenvalue weighted by Crippen LogP contribution is 2.31. The first-order valence-electron chi connectivity index (χ1n) is 7.13. The van der Waals surface area contributed by atoms with Crippen LogP contribution in [0.1, 0.15) is 52.9 Å². The molecule has 0 saturated carbocycles. The summed E-state index contributed by atoms with van der Waals surface area (Å²) in [4.78, 5) is 12.4. The summed E-state index contributed by atoms with van der Waals surface area (Å²) in [5, 5.41) is 6.53. The predicted octanol–water partition coefficient (Wildman–Crippen LogP) is 2.32. The highest BCUT2D eigenvalue weighted by Gasteiger charge is 2.38. The maximum absolute atomic E-state index is 12.4. The largest absolute Gasteiger partial charge is 0.355 e. The van der Waals surface area contributed by atoms with Gasteiger partial charge in [0.25, 0.3) is 0 Å². The standard InChI is InChI=1S/C14H28N2O/c1-4-7-14(8-6-9-15-11-14)13(17)16-10-12(3)5-2/h12,15H,4-11H2,1-3H3,(H,16,17). The van der Waals surface area contributed by atoms with Gasteiger partial charge in [0.2, 0.25) is 5.91 Å². The summed E-state index contributed by atoms with van der Waals surface area (Å²) in [5.74, 6) is 0.848. The van der Waals surface area contributed by atoms with Gasteiger partial charge in [-0.3, -0.25) is 4.79 Å². The van der Waals surface area contributed by atoms with E-state index in [1.807, 2.05) is 0 Å². The van der Waals surface area contributed by atoms with Crippen LogP contribution < -0.4 is 10.6 Å². The van der Waals surface area contributed by atoms with E-state index in [4.69, 9.17) is 0 Å². The Morgan fingerprint density at radius 1 is 1.47 bits per heavy atom. The van der Waals surface area contributed by atoms with Crippen LogP contribution in [0.5, 0.6) is 0 Å². The van der Waals surface area contributed by atoms with Crippen molar-refractivity contribution in [2.24, 2.45) is 11.3 Å². The summed E-state index contributed by atoms with van der Waals surface area (Å²) in [7, 11) is 0. The number of rotatable bonds is 6. The first-order valence-corrected chi connectivity index (χ1v) is 7.13. The van der Waals surface area contributed by atoms with Gasteiger partial charge in [-0.15, -0.1) is 0 Å². The van der Waals surface area contributed by atoms with Gasteiger partial charge in [0.15, 0.2) is 0 Å². The van der Waals surface area contributed by atoms with E-state index in [-0.39, 0.29) is 11.3 Å². The zero-order valence-corrected chi connectivity index (χ0v) is 11.6. The van der Waals surface area contributed by atoms with E-state index in [9.17, 15) is 4.79 Å². The Morgan fingerprint density at radius 3 is 2.76 bits per heavy atom. The Kier molecular flexibility index (Phi) is 5.96. The van der Waals surface area contributed by atoms with Crippen molar-refractivity contribution in [1.82, 2.24) is 10.6 Å². The number of carbonyl (C=O) groups excluding carboxylic acids is 1. The number of hydrogen-bond acceptors (Lipinski definition) is 2. The summed E-state index contributed by atoms with van der Waals surface area (Å²) in [6.07, 6.45) is 5.38. The van der Waals surface area contributed by atoms with Crippen LogP contribution >= 0.6 is 0 Å². The Morgan fingerprint density at radius 2 is 2.24 bits per heavy atom. The molecule has 1 fully saturated rings. The third kappa shape index (κ3) is 3.98. The monoisotopic (exact) mass is 240 g/mol. The van der Waals surface area contributed by atoms with Crippen molar-refractivity contribution in [1.29, 1.82) is 0 Å². The predicted molar refractivity (Wildman–Crippen MR) is 71.9 cm³/mol. The van der Waals surface area contributed by atoms with Gasteiger partial charge < -0.3 is 10.6 Å². The summed E-state index contributed by atoms with van der Waals surface area (Å²) in [6, 6.07) is 0. The highest BCUT2D eigenvalue weighted by atomic mass is 16.2. The molecule has 1 saturated heterocycles. The van der Waals surface area contributed by atoms with Gasteiger partial charge in [0, 0.05) is 13.1 Å². The third-order valence-electron chi connectivity index (χ3n) is 3.99. The van der Waals surface area contributed by atoms with Crippen LogP contribution in [0.3, 0.4) is 0 Å². The van der Waals surface area contributed by atoms with Crippen LogP contribution in [-0.2, 0) is 4.79 Å². The summed E-state index contributed by atoms with van der Waals surface area (Å²) < 4.78 is 0. The lowest BCUT2D eigenvalue weighted by Gasteiger charge is -2.36. The second kappa shape index (κ2) is 7.00. The Hall–Kier alpha value is -0.570. The maximum atomic E-state index is 12.4. The average molecular weight is 240 g/mol. The van der Waals surface area contributed by atoms with Gasteiger partial charge in [0.1, 0.15) is 0 Å². The molecule has 0 radical (unpaired) electrons. The zero-order valence-electron chi connectivity index (χ0n) is 11.6. The van der Waals surface area contributed by atoms with Gasteiger partial charge in [-0.1, -0.05) is 33.6 Å². The molecule has 1 heterocycles. The number of hydrogen-bond donors (Lipinski definition) is 2. The molecule has 100 valence electrons. The minimum Gasteiger partial charge on any atom is -0.355 e. The Balaban J connectivity index is 2.53. The molecule has 0 aromatic heterocycles. The molecule has 1 rings (SSSR count). The fourth-order valence-corrected chi connectivity index (χ4v) is 2.57. The first-order chi connectivity index (χ1) is 8.14. The summed E-state index contributed by atoms with van der Waals surface area (Å²) in [6.45, 7) is 9.25. The van der Waals surface area contributed by atoms with E-state index in [0.29, 0.717) is 5.92 Å². The molecule has 3 heteroatoms. The van der Waals surface area contributed by atoms with Crippen LogP contribution in [0.2, 0.25) is 0 Å². The minimum absolute atomic E-state index is 0.138. The molecule has 0 spiro atoms. The lowest BCUT2D eigenvalue weighted by molar-refractivity contribution is -0.132. The van der Waals surface area contributed by atoms with E-state index < -0.39 is 0 Å². The zero-order chi connectivity index (χ0) is 12.7. The van der Waals surface area contributed by atoms with Crippen molar-refractivity contribution in [2.45, 2.75) is 52.9 Å². The topological polar surface area (TPSA) is 41.1 Å². The van der Waals surface area contributed by atoms with E-state index in [2.05, 4.69) is 31.4 Å². The fourth-order valence-electron chi connectivity index (χ4n) is 2.57. The molecule has 3 nitrogen and oxygen atoms in total. The van der Waals surface area contributed by atoms with Gasteiger partial charge >= 0.3 is 0 Å². The van der Waals surface area contributed by atoms with Crippen LogP contribution in [0.15, 0.2) is 0 Å². The van der Waals surface area contributed by atoms with Crippen molar-refractivity contribution in [3.8, 4) is 0 Å². The van der Waals surface area contributed by atoms with Crippen molar-refractivity contribution in [2.75, 3.05) is 19.6 Å². The number of amides is 1. The van der Waals surface area contributed by atoms with E-state index in [1.165, 1.54) is 0 Å². The molecular weight excluding hydrogens is 212 g/mol. The quantitative estimate of drug-likeness (QED) is 0.748. The second-order valence-corrected chi connectivity index (χ2v) is 5.53. The van der Waals surface area contributed by atoms with Crippen LogP contribution in [0, 0.1) is 11.3 Å². The molecule has 1 aliphatic rings. The van der Waals surface area contributed by atoms with E-state index >= 15 is 0 Å². The third-order valence-corrected chi connectivity index (χ3v) is 3.99. The summed E-state index contributed by atoms with van der Waals surface area (Å²) >= 11 is 0. The van der Waals surface area contributed by atoms with Gasteiger partial charge in [-0.2, -0.15) is 0 Å². The molecule has 0 aliphatic carbocycles. The lowest BCUT2D eigenvalue weighted by atomic mass is 9.76. The van der Waals surface area contributed by atoms with E-state index in [1.54, 1.807) is 0 Å². The molecular formula is C14H28N2O. The molecule has 1 aliphatic heterocycles. The molecule has 0 bridgehead atoms. The van der Waals surface area contributed by atoms with Gasteiger partial charge in [0.05, 0.1) is 5.41 Å². The Labute approximate surface area is 106 Å². The minimum atomic E-state index is -0.138.